The van der Waals surface area contributed by atoms with Gasteiger partial charge in [-0.25, -0.2) is 8.78 Å². The van der Waals surface area contributed by atoms with Crippen LogP contribution in [0.2, 0.25) is 0 Å². The van der Waals surface area contributed by atoms with Crippen molar-refractivity contribution in [2.24, 2.45) is 0 Å². The summed E-state index contributed by atoms with van der Waals surface area (Å²) in [4.78, 5) is 29.8. The van der Waals surface area contributed by atoms with E-state index < -0.39 is 29.5 Å². The fraction of sp³-hybridized carbons (Fsp3) is 0.296. The quantitative estimate of drug-likeness (QED) is 0.370. The van der Waals surface area contributed by atoms with Crippen LogP contribution in [-0.2, 0) is 16.1 Å². The third kappa shape index (κ3) is 5.61. The van der Waals surface area contributed by atoms with Crippen LogP contribution in [0, 0.1) is 18.6 Å². The molecular formula is C27H26F2N6O3. The van der Waals surface area contributed by atoms with Crippen LogP contribution in [0.25, 0.3) is 11.4 Å². The Morgan fingerprint density at radius 2 is 1.68 bits per heavy atom. The van der Waals surface area contributed by atoms with E-state index in [1.165, 1.54) is 53.4 Å². The van der Waals surface area contributed by atoms with Crippen LogP contribution in [0.5, 0.6) is 0 Å². The summed E-state index contributed by atoms with van der Waals surface area (Å²) in [7, 11) is 0. The number of tetrazole rings is 1. The Hall–Kier alpha value is -4.41. The molecule has 0 bridgehead atoms. The zero-order valence-electron chi connectivity index (χ0n) is 20.7. The molecule has 0 saturated heterocycles. The lowest BCUT2D eigenvalue weighted by atomic mass is 10.1. The van der Waals surface area contributed by atoms with E-state index >= 15 is 0 Å². The fourth-order valence-corrected chi connectivity index (χ4v) is 4.58. The molecule has 0 aliphatic heterocycles. The molecule has 1 aliphatic carbocycles. The number of halogens is 2. The van der Waals surface area contributed by atoms with Crippen molar-refractivity contribution in [3.05, 3.63) is 83.8 Å². The lowest BCUT2D eigenvalue weighted by molar-refractivity contribution is -0.128. The summed E-state index contributed by atoms with van der Waals surface area (Å²) in [6.07, 6.45) is 3.75. The number of anilines is 1. The van der Waals surface area contributed by atoms with Gasteiger partial charge in [-0.1, -0.05) is 12.8 Å². The zero-order valence-corrected chi connectivity index (χ0v) is 20.7. The van der Waals surface area contributed by atoms with Gasteiger partial charge >= 0.3 is 0 Å². The normalized spacial score (nSPS) is 14.4. The molecule has 2 amide bonds. The second kappa shape index (κ2) is 10.9. The Bertz CT molecular complexity index is 1410. The SMILES string of the molecule is Cc1ccc([C@@H](C(=O)NC2CCCC2)N(C(=O)Cn2nnc(-c3ccc(F)cc3)n2)c2ccc(F)cc2)o1. The molecule has 0 radical (unpaired) electrons. The smallest absolute Gasteiger partial charge is 0.251 e. The van der Waals surface area contributed by atoms with E-state index in [9.17, 15) is 18.4 Å². The van der Waals surface area contributed by atoms with Gasteiger partial charge in [-0.2, -0.15) is 4.80 Å². The second-order valence-corrected chi connectivity index (χ2v) is 9.23. The molecule has 2 aromatic heterocycles. The number of rotatable bonds is 8. The van der Waals surface area contributed by atoms with E-state index in [0.29, 0.717) is 17.0 Å². The number of hydrogen-bond acceptors (Lipinski definition) is 6. The summed E-state index contributed by atoms with van der Waals surface area (Å²) < 4.78 is 32.9. The summed E-state index contributed by atoms with van der Waals surface area (Å²) in [5.41, 5.74) is 0.830. The second-order valence-electron chi connectivity index (χ2n) is 9.23. The third-order valence-electron chi connectivity index (χ3n) is 6.44. The summed E-state index contributed by atoms with van der Waals surface area (Å²) in [5.74, 6) is -0.766. The predicted molar refractivity (Wildman–Crippen MR) is 134 cm³/mol. The highest BCUT2D eigenvalue weighted by atomic mass is 19.1. The largest absolute Gasteiger partial charge is 0.464 e. The molecule has 9 nitrogen and oxygen atoms in total. The Balaban J connectivity index is 1.48. The molecule has 1 fully saturated rings. The van der Waals surface area contributed by atoms with Gasteiger partial charge in [0.1, 0.15) is 29.7 Å². The number of nitrogens with one attached hydrogen (secondary N) is 1. The fourth-order valence-electron chi connectivity index (χ4n) is 4.58. The number of aryl methyl sites for hydroxylation is 1. The number of carbonyl (C=O) groups is 2. The summed E-state index contributed by atoms with van der Waals surface area (Å²) in [5, 5.41) is 15.2. The van der Waals surface area contributed by atoms with Crippen molar-refractivity contribution in [3.63, 3.8) is 0 Å². The van der Waals surface area contributed by atoms with Crippen molar-refractivity contribution in [1.29, 1.82) is 0 Å². The average Bonchev–Trinajstić information content (AvgIpc) is 3.67. The van der Waals surface area contributed by atoms with Crippen LogP contribution in [0.4, 0.5) is 14.5 Å². The van der Waals surface area contributed by atoms with Gasteiger partial charge < -0.3 is 9.73 Å². The molecule has 1 saturated carbocycles. The Morgan fingerprint density at radius 1 is 1.03 bits per heavy atom. The molecule has 4 aromatic rings. The van der Waals surface area contributed by atoms with E-state index in [-0.39, 0.29) is 24.2 Å². The van der Waals surface area contributed by atoms with Crippen LogP contribution in [0.3, 0.4) is 0 Å². The number of hydrogen-bond donors (Lipinski definition) is 1. The van der Waals surface area contributed by atoms with E-state index in [0.717, 1.165) is 30.5 Å². The minimum absolute atomic E-state index is 0.00137. The van der Waals surface area contributed by atoms with Gasteiger partial charge in [0.15, 0.2) is 6.04 Å². The first-order valence-corrected chi connectivity index (χ1v) is 12.4. The Morgan fingerprint density at radius 3 is 2.32 bits per heavy atom. The summed E-state index contributed by atoms with van der Waals surface area (Å²) >= 11 is 0. The maximum atomic E-state index is 13.8. The van der Waals surface area contributed by atoms with Crippen molar-refractivity contribution in [1.82, 2.24) is 25.5 Å². The topological polar surface area (TPSA) is 106 Å². The first kappa shape index (κ1) is 25.2. The molecule has 1 N–H and O–H groups in total. The maximum Gasteiger partial charge on any atom is 0.251 e. The van der Waals surface area contributed by atoms with E-state index in [1.807, 2.05) is 0 Å². The van der Waals surface area contributed by atoms with Crippen molar-refractivity contribution in [2.45, 2.75) is 51.2 Å². The highest BCUT2D eigenvalue weighted by Gasteiger charge is 2.36. The van der Waals surface area contributed by atoms with E-state index in [1.54, 1.807) is 19.1 Å². The summed E-state index contributed by atoms with van der Waals surface area (Å²) in [6, 6.07) is 13.1. The van der Waals surface area contributed by atoms with Crippen molar-refractivity contribution in [2.75, 3.05) is 4.90 Å². The molecule has 2 heterocycles. The van der Waals surface area contributed by atoms with Gasteiger partial charge in [-0.15, -0.1) is 10.2 Å². The van der Waals surface area contributed by atoms with E-state index in [2.05, 4.69) is 20.7 Å². The number of benzene rings is 2. The monoisotopic (exact) mass is 520 g/mol. The van der Waals surface area contributed by atoms with Crippen molar-refractivity contribution in [3.8, 4) is 11.4 Å². The summed E-state index contributed by atoms with van der Waals surface area (Å²) in [6.45, 7) is 1.38. The van der Waals surface area contributed by atoms with Crippen LogP contribution >= 0.6 is 0 Å². The molecule has 38 heavy (non-hydrogen) atoms. The molecule has 2 aromatic carbocycles. The maximum absolute atomic E-state index is 13.8. The minimum Gasteiger partial charge on any atom is -0.464 e. The molecule has 1 aliphatic rings. The molecular weight excluding hydrogens is 494 g/mol. The molecule has 0 unspecified atom stereocenters. The number of furan rings is 1. The van der Waals surface area contributed by atoms with Crippen LogP contribution in [-0.4, -0.2) is 38.1 Å². The first-order valence-electron chi connectivity index (χ1n) is 12.4. The lowest BCUT2D eigenvalue weighted by Crippen LogP contribution is -2.47. The van der Waals surface area contributed by atoms with Crippen LogP contribution in [0.15, 0.2) is 65.1 Å². The van der Waals surface area contributed by atoms with Gasteiger partial charge in [0.25, 0.3) is 11.8 Å². The third-order valence-corrected chi connectivity index (χ3v) is 6.44. The van der Waals surface area contributed by atoms with Crippen LogP contribution < -0.4 is 10.2 Å². The van der Waals surface area contributed by atoms with Crippen LogP contribution in [0.1, 0.15) is 43.2 Å². The minimum atomic E-state index is -1.15. The zero-order chi connectivity index (χ0) is 26.6. The standard InChI is InChI=1S/C27H26F2N6O3/c1-17-6-15-23(38-17)25(27(37)30-21-4-2-3-5-21)35(22-13-11-20(29)12-14-22)24(36)16-34-32-26(31-33-34)18-7-9-19(28)10-8-18/h6-15,21,25H,2-5,16H2,1H3,(H,30,37)/t25-/m0/s1. The molecule has 1 atom stereocenters. The molecule has 196 valence electrons. The number of amides is 2. The van der Waals surface area contributed by atoms with Gasteiger partial charge in [-0.05, 0) is 85.6 Å². The van der Waals surface area contributed by atoms with Gasteiger partial charge in [0.05, 0.1) is 0 Å². The van der Waals surface area contributed by atoms with Gasteiger partial charge in [-0.3, -0.25) is 14.5 Å². The molecule has 5 rings (SSSR count). The molecule has 0 spiro atoms. The van der Waals surface area contributed by atoms with Gasteiger partial charge in [0, 0.05) is 17.3 Å². The highest BCUT2D eigenvalue weighted by Crippen LogP contribution is 2.31. The average molecular weight is 521 g/mol. The Labute approximate surface area is 217 Å². The Kier molecular flexibility index (Phi) is 7.25. The highest BCUT2D eigenvalue weighted by molar-refractivity contribution is 6.01. The lowest BCUT2D eigenvalue weighted by Gasteiger charge is -2.30. The number of aromatic nitrogens is 4. The predicted octanol–water partition coefficient (Wildman–Crippen LogP) is 4.35. The number of carbonyl (C=O) groups excluding carboxylic acids is 2. The first-order chi connectivity index (χ1) is 18.4. The van der Waals surface area contributed by atoms with E-state index in [4.69, 9.17) is 4.42 Å². The van der Waals surface area contributed by atoms with Crippen molar-refractivity contribution >= 4 is 17.5 Å². The van der Waals surface area contributed by atoms with Gasteiger partial charge in [0.2, 0.25) is 5.82 Å². The molecule has 11 heteroatoms. The van der Waals surface area contributed by atoms with Crippen molar-refractivity contribution < 1.29 is 22.8 Å². The number of nitrogens with zero attached hydrogens (tertiary/aromatic N) is 5.